The molecule has 0 saturated carbocycles. The summed E-state index contributed by atoms with van der Waals surface area (Å²) < 4.78 is 0. The van der Waals surface area contributed by atoms with Gasteiger partial charge in [-0.05, 0) is 12.8 Å². The highest BCUT2D eigenvalue weighted by Gasteiger charge is 1.92. The van der Waals surface area contributed by atoms with Gasteiger partial charge in [0, 0.05) is 13.1 Å². The van der Waals surface area contributed by atoms with Crippen molar-refractivity contribution in [2.45, 2.75) is 25.7 Å². The van der Waals surface area contributed by atoms with E-state index in [1.165, 1.54) is 25.7 Å². The topological polar surface area (TPSA) is 218 Å². The van der Waals surface area contributed by atoms with Crippen molar-refractivity contribution in [1.29, 1.82) is 0 Å². The van der Waals surface area contributed by atoms with Crippen LogP contribution < -0.4 is 16.4 Å². The molecule has 12 nitrogen and oxygen atoms in total. The molecule has 0 radical (unpaired) electrons. The normalized spacial score (nSPS) is 15.4. The summed E-state index contributed by atoms with van der Waals surface area (Å²) in [7, 11) is -7.86. The van der Waals surface area contributed by atoms with E-state index in [0.717, 1.165) is 13.1 Å². The number of hydrogen-bond acceptors (Lipinski definition) is 12. The molecule has 132 valence electrons. The highest BCUT2D eigenvalue weighted by Crippen LogP contribution is 2.12. The van der Waals surface area contributed by atoms with Crippen molar-refractivity contribution in [2.75, 3.05) is 13.1 Å². The smallest absolute Gasteiger partial charge is 0.324 e. The van der Waals surface area contributed by atoms with Crippen LogP contribution in [0.1, 0.15) is 25.7 Å². The summed E-state index contributed by atoms with van der Waals surface area (Å²) in [6.07, 6.45) is 5.29. The first kappa shape index (κ1) is 26.7. The molecule has 12 N–H and O–H groups in total. The lowest BCUT2D eigenvalue weighted by Gasteiger charge is -2.03. The first-order valence-electron chi connectivity index (χ1n) is 5.51. The predicted octanol–water partition coefficient (Wildman–Crippen LogP) is -2.27. The van der Waals surface area contributed by atoms with Crippen LogP contribution in [0.25, 0.3) is 0 Å². The molecule has 0 atom stereocenters. The molecular formula is C6H24N3O9P3. The van der Waals surface area contributed by atoms with Gasteiger partial charge in [-0.15, -0.1) is 0 Å². The largest absolute Gasteiger partial charge is 0.328 e. The Morgan fingerprint density at radius 3 is 0.952 bits per heavy atom. The van der Waals surface area contributed by atoms with E-state index in [4.69, 9.17) is 44.0 Å². The van der Waals surface area contributed by atoms with E-state index in [1.54, 1.807) is 0 Å². The minimum absolute atomic E-state index is 1.08. The minimum Gasteiger partial charge on any atom is -0.328 e. The van der Waals surface area contributed by atoms with E-state index in [2.05, 4.69) is 16.4 Å². The summed E-state index contributed by atoms with van der Waals surface area (Å²) >= 11 is 0. The van der Waals surface area contributed by atoms with Gasteiger partial charge in [0.05, 0.1) is 0 Å². The van der Waals surface area contributed by atoms with Crippen molar-refractivity contribution in [3.8, 4) is 0 Å². The molecule has 0 aromatic rings. The molecule has 15 heteroatoms. The molecule has 1 heterocycles. The maximum Gasteiger partial charge on any atom is 0.324 e. The summed E-state index contributed by atoms with van der Waals surface area (Å²) in [6, 6.07) is 0. The van der Waals surface area contributed by atoms with Crippen molar-refractivity contribution in [2.24, 2.45) is 0 Å². The molecule has 0 aromatic heterocycles. The molecule has 0 aliphatic carbocycles. The fraction of sp³-hybridized carbons (Fsp3) is 1.00. The first-order valence-corrected chi connectivity index (χ1v) is 9.11. The van der Waals surface area contributed by atoms with Crippen LogP contribution >= 0.6 is 25.8 Å². The summed E-state index contributed by atoms with van der Waals surface area (Å²) in [5.74, 6) is 0. The lowest BCUT2D eigenvalue weighted by Crippen LogP contribution is -2.43. The summed E-state index contributed by atoms with van der Waals surface area (Å²) in [6.45, 7) is 2.15. The van der Waals surface area contributed by atoms with E-state index in [1.807, 2.05) is 0 Å². The average Bonchev–Trinajstić information content (AvgIpc) is 2.41. The van der Waals surface area contributed by atoms with Crippen molar-refractivity contribution in [1.82, 2.24) is 16.4 Å². The van der Waals surface area contributed by atoms with Crippen LogP contribution in [0, 0.1) is 0 Å². The van der Waals surface area contributed by atoms with Gasteiger partial charge in [0.25, 0.3) is 0 Å². The van der Waals surface area contributed by atoms with E-state index in [0.29, 0.717) is 0 Å². The van der Waals surface area contributed by atoms with E-state index in [9.17, 15) is 0 Å². The Balaban J connectivity index is -0.000000230. The van der Waals surface area contributed by atoms with Gasteiger partial charge in [-0.3, -0.25) is 0 Å². The minimum atomic E-state index is -2.62. The van der Waals surface area contributed by atoms with Crippen molar-refractivity contribution in [3.63, 3.8) is 0 Å². The van der Waals surface area contributed by atoms with Crippen LogP contribution in [0.15, 0.2) is 0 Å². The van der Waals surface area contributed by atoms with Gasteiger partial charge in [-0.25, -0.2) is 10.9 Å². The quantitative estimate of drug-likeness (QED) is 0.202. The van der Waals surface area contributed by atoms with Crippen LogP contribution in [-0.2, 0) is 0 Å². The van der Waals surface area contributed by atoms with Crippen LogP contribution in [-0.4, -0.2) is 57.1 Å². The number of nitrogens with one attached hydrogen (secondary N) is 3. The first-order chi connectivity index (χ1) is 9.70. The average molecular weight is 375 g/mol. The van der Waals surface area contributed by atoms with E-state index < -0.39 is 25.8 Å². The number of hydrogen-bond donors (Lipinski definition) is 12. The van der Waals surface area contributed by atoms with Gasteiger partial charge in [-0.2, -0.15) is 5.53 Å². The Morgan fingerprint density at radius 1 is 0.476 bits per heavy atom. The Bertz CT molecular complexity index is 132. The highest BCUT2D eigenvalue weighted by molar-refractivity contribution is 7.38. The van der Waals surface area contributed by atoms with Gasteiger partial charge in [0.1, 0.15) is 0 Å². The zero-order chi connectivity index (χ0) is 17.1. The SMILES string of the molecule is C1CCCNNNCC1.OP(O)O.OP(O)O.OP(O)O. The summed E-state index contributed by atoms with van der Waals surface area (Å²) in [4.78, 5) is 65.1. The Kier molecular flexibility index (Phi) is 29.3. The zero-order valence-electron chi connectivity index (χ0n) is 11.1. The van der Waals surface area contributed by atoms with Crippen molar-refractivity contribution < 1.29 is 44.0 Å². The molecule has 0 spiro atoms. The second-order valence-corrected chi connectivity index (χ2v) is 4.81. The molecule has 0 aromatic carbocycles. The van der Waals surface area contributed by atoms with Crippen LogP contribution in [0.2, 0.25) is 0 Å². The molecule has 0 unspecified atom stereocenters. The third-order valence-electron chi connectivity index (χ3n) is 1.53. The summed E-state index contributed by atoms with van der Waals surface area (Å²) in [5.41, 5.74) is 9.06. The highest BCUT2D eigenvalue weighted by atomic mass is 31.2. The Labute approximate surface area is 126 Å². The third kappa shape index (κ3) is 76.5. The molecule has 1 fully saturated rings. The molecule has 1 saturated heterocycles. The van der Waals surface area contributed by atoms with Crippen LogP contribution in [0.4, 0.5) is 0 Å². The second-order valence-electron chi connectivity index (χ2n) is 3.20. The lowest BCUT2D eigenvalue weighted by molar-refractivity contribution is 0.366. The van der Waals surface area contributed by atoms with E-state index in [-0.39, 0.29) is 0 Å². The maximum atomic E-state index is 7.23. The monoisotopic (exact) mass is 375 g/mol. The van der Waals surface area contributed by atoms with Crippen LogP contribution in [0.3, 0.4) is 0 Å². The maximum absolute atomic E-state index is 7.23. The Morgan fingerprint density at radius 2 is 0.714 bits per heavy atom. The lowest BCUT2D eigenvalue weighted by atomic mass is 10.2. The van der Waals surface area contributed by atoms with Crippen LogP contribution in [0.5, 0.6) is 0 Å². The third-order valence-corrected chi connectivity index (χ3v) is 1.53. The molecule has 1 aliphatic rings. The number of hydrazine groups is 2. The molecule has 21 heavy (non-hydrogen) atoms. The fourth-order valence-corrected chi connectivity index (χ4v) is 0.968. The van der Waals surface area contributed by atoms with Gasteiger partial charge < -0.3 is 44.0 Å². The molecule has 1 rings (SSSR count). The predicted molar refractivity (Wildman–Crippen MR) is 78.3 cm³/mol. The van der Waals surface area contributed by atoms with Crippen molar-refractivity contribution in [3.05, 3.63) is 0 Å². The van der Waals surface area contributed by atoms with Gasteiger partial charge >= 0.3 is 25.8 Å². The fourth-order valence-electron chi connectivity index (χ4n) is 0.968. The van der Waals surface area contributed by atoms with Gasteiger partial charge in [0.15, 0.2) is 0 Å². The zero-order valence-corrected chi connectivity index (χ0v) is 13.8. The molecular weight excluding hydrogens is 351 g/mol. The molecule has 1 aliphatic heterocycles. The van der Waals surface area contributed by atoms with E-state index >= 15 is 0 Å². The van der Waals surface area contributed by atoms with Gasteiger partial charge in [0.2, 0.25) is 0 Å². The second kappa shape index (κ2) is 23.1. The molecule has 0 bridgehead atoms. The standard InChI is InChI=1S/C6H15N3.3H3O3P/c1-2-4-6-8-9-7-5-3-1;3*1-4(2)3/h7-9H,1-6H2;3*1-3H. The summed E-state index contributed by atoms with van der Waals surface area (Å²) in [5, 5.41) is 0. The van der Waals surface area contributed by atoms with Crippen molar-refractivity contribution >= 4 is 25.8 Å². The number of rotatable bonds is 0. The molecule has 0 amide bonds. The van der Waals surface area contributed by atoms with Gasteiger partial charge in [-0.1, -0.05) is 12.8 Å². The Hall–Kier alpha value is 0.810.